The fraction of sp³-hybridized carbons (Fsp3) is 0.531. The SMILES string of the molecule is CCCCCCCCCCCCCCCC[n+]1ccn(C2c3ccccc3-c3ccccc32)c1. The smallest absolute Gasteiger partial charge is 0.237 e. The minimum atomic E-state index is 0.296. The van der Waals surface area contributed by atoms with Gasteiger partial charge in [-0.3, -0.25) is 0 Å². The van der Waals surface area contributed by atoms with Gasteiger partial charge in [0.25, 0.3) is 0 Å². The molecular formula is C32H45N2+. The van der Waals surface area contributed by atoms with Crippen LogP contribution in [0.15, 0.2) is 67.3 Å². The lowest BCUT2D eigenvalue weighted by molar-refractivity contribution is -0.697. The molecule has 0 atom stereocenters. The third-order valence-corrected chi connectivity index (χ3v) is 7.58. The summed E-state index contributed by atoms with van der Waals surface area (Å²) in [7, 11) is 0. The Balaban J connectivity index is 1.12. The van der Waals surface area contributed by atoms with Gasteiger partial charge in [0.1, 0.15) is 12.4 Å². The first-order valence-electron chi connectivity index (χ1n) is 14.1. The molecule has 0 saturated carbocycles. The van der Waals surface area contributed by atoms with Crippen LogP contribution in [0.2, 0.25) is 0 Å². The van der Waals surface area contributed by atoms with Gasteiger partial charge in [0.05, 0.1) is 6.54 Å². The van der Waals surface area contributed by atoms with Crippen LogP contribution in [-0.4, -0.2) is 4.57 Å². The molecule has 3 aromatic rings. The van der Waals surface area contributed by atoms with Crippen LogP contribution in [0.3, 0.4) is 0 Å². The largest absolute Gasteiger partial charge is 0.244 e. The maximum Gasteiger partial charge on any atom is 0.244 e. The van der Waals surface area contributed by atoms with Crippen molar-refractivity contribution in [2.45, 2.75) is 109 Å². The van der Waals surface area contributed by atoms with E-state index in [0.29, 0.717) is 6.04 Å². The summed E-state index contributed by atoms with van der Waals surface area (Å²) in [5.74, 6) is 0. The van der Waals surface area contributed by atoms with E-state index in [1.165, 1.54) is 112 Å². The molecular weight excluding hydrogens is 412 g/mol. The van der Waals surface area contributed by atoms with Crippen molar-refractivity contribution in [3.63, 3.8) is 0 Å². The molecule has 1 aliphatic rings. The monoisotopic (exact) mass is 457 g/mol. The quantitative estimate of drug-likeness (QED) is 0.117. The summed E-state index contributed by atoms with van der Waals surface area (Å²) < 4.78 is 4.78. The zero-order chi connectivity index (χ0) is 23.4. The van der Waals surface area contributed by atoms with E-state index in [0.717, 1.165) is 6.54 Å². The minimum absolute atomic E-state index is 0.296. The minimum Gasteiger partial charge on any atom is -0.237 e. The van der Waals surface area contributed by atoms with Crippen LogP contribution < -0.4 is 4.57 Å². The molecule has 34 heavy (non-hydrogen) atoms. The molecule has 1 heterocycles. The normalized spacial score (nSPS) is 12.7. The van der Waals surface area contributed by atoms with Gasteiger partial charge in [-0.1, -0.05) is 133 Å². The molecule has 0 N–H and O–H groups in total. The summed E-state index contributed by atoms with van der Waals surface area (Å²) in [6.07, 6.45) is 26.6. The van der Waals surface area contributed by atoms with Crippen molar-refractivity contribution in [1.82, 2.24) is 4.57 Å². The van der Waals surface area contributed by atoms with E-state index >= 15 is 0 Å². The van der Waals surface area contributed by atoms with Gasteiger partial charge in [0, 0.05) is 11.1 Å². The highest BCUT2D eigenvalue weighted by molar-refractivity contribution is 5.78. The van der Waals surface area contributed by atoms with Crippen molar-refractivity contribution in [2.75, 3.05) is 0 Å². The van der Waals surface area contributed by atoms with Crippen LogP contribution in [0.4, 0.5) is 0 Å². The number of hydrogen-bond donors (Lipinski definition) is 0. The molecule has 0 fully saturated rings. The molecule has 182 valence electrons. The molecule has 2 aromatic carbocycles. The van der Waals surface area contributed by atoms with E-state index in [1.807, 2.05) is 0 Å². The Bertz CT molecular complexity index is 940. The summed E-state index contributed by atoms with van der Waals surface area (Å²) in [4.78, 5) is 0. The van der Waals surface area contributed by atoms with E-state index < -0.39 is 0 Å². The molecule has 0 bridgehead atoms. The molecule has 0 aliphatic heterocycles. The molecule has 0 saturated heterocycles. The number of rotatable bonds is 16. The summed E-state index contributed by atoms with van der Waals surface area (Å²) in [6, 6.07) is 18.1. The Kier molecular flexibility index (Phi) is 9.84. The number of benzene rings is 2. The Morgan fingerprint density at radius 1 is 0.618 bits per heavy atom. The lowest BCUT2D eigenvalue weighted by Crippen LogP contribution is -2.31. The number of unbranched alkanes of at least 4 members (excludes halogenated alkanes) is 13. The van der Waals surface area contributed by atoms with Crippen LogP contribution in [0.1, 0.15) is 114 Å². The molecule has 0 unspecified atom stereocenters. The predicted octanol–water partition coefficient (Wildman–Crippen LogP) is 8.88. The number of hydrogen-bond acceptors (Lipinski definition) is 0. The Morgan fingerprint density at radius 3 is 1.62 bits per heavy atom. The van der Waals surface area contributed by atoms with Crippen LogP contribution in [0.25, 0.3) is 11.1 Å². The van der Waals surface area contributed by atoms with Gasteiger partial charge in [0.15, 0.2) is 6.04 Å². The lowest BCUT2D eigenvalue weighted by atomic mass is 10.0. The highest BCUT2D eigenvalue weighted by atomic mass is 15.1. The second-order valence-corrected chi connectivity index (χ2v) is 10.3. The van der Waals surface area contributed by atoms with Crippen LogP contribution in [-0.2, 0) is 6.54 Å². The summed E-state index contributed by atoms with van der Waals surface area (Å²) >= 11 is 0. The topological polar surface area (TPSA) is 8.81 Å². The van der Waals surface area contributed by atoms with E-state index in [2.05, 4.69) is 83.3 Å². The highest BCUT2D eigenvalue weighted by Gasteiger charge is 2.32. The second-order valence-electron chi connectivity index (χ2n) is 10.3. The molecule has 2 nitrogen and oxygen atoms in total. The number of fused-ring (bicyclic) bond motifs is 3. The molecule has 2 heteroatoms. The van der Waals surface area contributed by atoms with E-state index in [-0.39, 0.29) is 0 Å². The van der Waals surface area contributed by atoms with E-state index in [9.17, 15) is 0 Å². The number of aromatic nitrogens is 2. The fourth-order valence-electron chi connectivity index (χ4n) is 5.63. The maximum atomic E-state index is 2.40. The predicted molar refractivity (Wildman–Crippen MR) is 144 cm³/mol. The van der Waals surface area contributed by atoms with Crippen molar-refractivity contribution in [1.29, 1.82) is 0 Å². The van der Waals surface area contributed by atoms with Crippen molar-refractivity contribution in [2.24, 2.45) is 0 Å². The van der Waals surface area contributed by atoms with Gasteiger partial charge >= 0.3 is 0 Å². The van der Waals surface area contributed by atoms with Gasteiger partial charge in [-0.05, 0) is 24.0 Å². The van der Waals surface area contributed by atoms with Crippen LogP contribution >= 0.6 is 0 Å². The lowest BCUT2D eigenvalue weighted by Gasteiger charge is -2.09. The van der Waals surface area contributed by atoms with Crippen LogP contribution in [0.5, 0.6) is 0 Å². The van der Waals surface area contributed by atoms with Crippen LogP contribution in [0, 0.1) is 0 Å². The van der Waals surface area contributed by atoms with Gasteiger partial charge in [0.2, 0.25) is 6.33 Å². The van der Waals surface area contributed by atoms with Crippen molar-refractivity contribution >= 4 is 0 Å². The van der Waals surface area contributed by atoms with Gasteiger partial charge in [-0.2, -0.15) is 0 Å². The zero-order valence-corrected chi connectivity index (χ0v) is 21.4. The first-order chi connectivity index (χ1) is 16.9. The summed E-state index contributed by atoms with van der Waals surface area (Å²) in [5, 5.41) is 0. The van der Waals surface area contributed by atoms with Crippen molar-refractivity contribution in [3.8, 4) is 11.1 Å². The zero-order valence-electron chi connectivity index (χ0n) is 21.4. The molecule has 4 rings (SSSR count). The molecule has 0 amide bonds. The Morgan fingerprint density at radius 2 is 1.09 bits per heavy atom. The average molecular weight is 458 g/mol. The maximum absolute atomic E-state index is 2.40. The summed E-state index contributed by atoms with van der Waals surface area (Å²) in [6.45, 7) is 3.42. The van der Waals surface area contributed by atoms with Gasteiger partial charge < -0.3 is 0 Å². The molecule has 1 aliphatic carbocycles. The number of imidazole rings is 1. The van der Waals surface area contributed by atoms with Crippen molar-refractivity contribution in [3.05, 3.63) is 78.4 Å². The van der Waals surface area contributed by atoms with Gasteiger partial charge in [-0.25, -0.2) is 9.13 Å². The highest BCUT2D eigenvalue weighted by Crippen LogP contribution is 2.44. The first kappa shape index (κ1) is 24.8. The average Bonchev–Trinajstić information content (AvgIpc) is 3.46. The van der Waals surface area contributed by atoms with E-state index in [1.54, 1.807) is 0 Å². The van der Waals surface area contributed by atoms with Crippen molar-refractivity contribution < 1.29 is 4.57 Å². The second kappa shape index (κ2) is 13.5. The number of nitrogens with zero attached hydrogens (tertiary/aromatic N) is 2. The fourth-order valence-corrected chi connectivity index (χ4v) is 5.63. The third kappa shape index (κ3) is 6.62. The summed E-state index contributed by atoms with van der Waals surface area (Å²) in [5.41, 5.74) is 5.61. The van der Waals surface area contributed by atoms with Gasteiger partial charge in [-0.15, -0.1) is 0 Å². The molecule has 0 spiro atoms. The van der Waals surface area contributed by atoms with E-state index in [4.69, 9.17) is 0 Å². The Hall–Kier alpha value is -2.35. The first-order valence-corrected chi connectivity index (χ1v) is 14.1. The third-order valence-electron chi connectivity index (χ3n) is 7.58. The standard InChI is InChI=1S/C32H45N2/c1-2-3-4-5-6-7-8-9-10-11-12-13-14-19-24-33-25-26-34(27-33)32-30-22-17-15-20-28(30)29-21-16-18-23-31(29)32/h15-18,20-23,25-27,32H,2-14,19,24H2,1H3/q+1. The Labute approximate surface area is 208 Å². The molecule has 1 aromatic heterocycles. The molecule has 0 radical (unpaired) electrons. The number of aryl methyl sites for hydroxylation is 1.